The van der Waals surface area contributed by atoms with Crippen LogP contribution in [0.4, 0.5) is 0 Å². The Kier molecular flexibility index (Phi) is 17.5. The monoisotopic (exact) mass is 633 g/mol. The van der Waals surface area contributed by atoms with E-state index in [0.717, 1.165) is 22.8 Å². The minimum Gasteiger partial charge on any atom is -0.337 e. The summed E-state index contributed by atoms with van der Waals surface area (Å²) in [4.78, 5) is 8.97. The van der Waals surface area contributed by atoms with E-state index in [1.54, 1.807) is 5.56 Å². The fourth-order valence-electron chi connectivity index (χ4n) is 6.98. The Morgan fingerprint density at radius 3 is 1.38 bits per heavy atom. The molecular formula is C45H64N2. The van der Waals surface area contributed by atoms with E-state index in [9.17, 15) is 0 Å². The summed E-state index contributed by atoms with van der Waals surface area (Å²) in [6, 6.07) is 28.5. The molecule has 2 nitrogen and oxygen atoms in total. The number of hydrogen-bond donors (Lipinski definition) is 1. The van der Waals surface area contributed by atoms with Crippen LogP contribution in [0.25, 0.3) is 33.9 Å². The van der Waals surface area contributed by atoms with Crippen molar-refractivity contribution in [2.75, 3.05) is 0 Å². The molecule has 0 spiro atoms. The highest BCUT2D eigenvalue weighted by Gasteiger charge is 2.16. The number of aromatic amines is 1. The largest absolute Gasteiger partial charge is 0.337 e. The number of aryl methyl sites for hydroxylation is 2. The van der Waals surface area contributed by atoms with Gasteiger partial charge in [-0.15, -0.1) is 0 Å². The molecule has 254 valence electrons. The molecule has 0 saturated heterocycles. The molecule has 0 fully saturated rings. The molecule has 1 aromatic heterocycles. The van der Waals surface area contributed by atoms with E-state index in [2.05, 4.69) is 97.7 Å². The van der Waals surface area contributed by atoms with Gasteiger partial charge in [0.25, 0.3) is 0 Å². The van der Waals surface area contributed by atoms with Gasteiger partial charge in [0.2, 0.25) is 0 Å². The molecule has 47 heavy (non-hydrogen) atoms. The highest BCUT2D eigenvalue weighted by atomic mass is 14.9. The van der Waals surface area contributed by atoms with E-state index in [1.165, 1.54) is 158 Å². The van der Waals surface area contributed by atoms with Gasteiger partial charge in [0, 0.05) is 16.7 Å². The third-order valence-corrected chi connectivity index (χ3v) is 9.89. The maximum Gasteiger partial charge on any atom is 0.138 e. The van der Waals surface area contributed by atoms with Gasteiger partial charge >= 0.3 is 0 Å². The van der Waals surface area contributed by atoms with Gasteiger partial charge in [-0.25, -0.2) is 4.98 Å². The van der Waals surface area contributed by atoms with Crippen LogP contribution >= 0.6 is 0 Å². The van der Waals surface area contributed by atoms with E-state index >= 15 is 0 Å². The van der Waals surface area contributed by atoms with Gasteiger partial charge in [-0.3, -0.25) is 0 Å². The van der Waals surface area contributed by atoms with Crippen LogP contribution in [0.15, 0.2) is 78.9 Å². The predicted octanol–water partition coefficient (Wildman–Crippen LogP) is 14.3. The van der Waals surface area contributed by atoms with Crippen molar-refractivity contribution in [1.29, 1.82) is 0 Å². The predicted molar refractivity (Wildman–Crippen MR) is 206 cm³/mol. The van der Waals surface area contributed by atoms with Crippen molar-refractivity contribution in [3.63, 3.8) is 0 Å². The molecule has 1 N–H and O–H groups in total. The molecule has 0 saturated carbocycles. The van der Waals surface area contributed by atoms with Crippen molar-refractivity contribution >= 4 is 0 Å². The molecule has 4 rings (SSSR count). The van der Waals surface area contributed by atoms with Crippen molar-refractivity contribution < 1.29 is 0 Å². The lowest BCUT2D eigenvalue weighted by molar-refractivity contribution is 0.553. The Bertz CT molecular complexity index is 1300. The summed E-state index contributed by atoms with van der Waals surface area (Å²) < 4.78 is 0. The first-order chi connectivity index (χ1) is 23.3. The zero-order valence-corrected chi connectivity index (χ0v) is 30.0. The lowest BCUT2D eigenvalue weighted by Gasteiger charge is -2.12. The number of nitrogens with one attached hydrogen (secondary N) is 1. The first-order valence-corrected chi connectivity index (χ1v) is 19.6. The number of imidazole rings is 1. The molecule has 0 unspecified atom stereocenters. The normalized spacial score (nSPS) is 11.4. The average molecular weight is 633 g/mol. The number of benzene rings is 3. The fraction of sp³-hybridized carbons (Fsp3) is 0.533. The van der Waals surface area contributed by atoms with E-state index in [-0.39, 0.29) is 0 Å². The van der Waals surface area contributed by atoms with Gasteiger partial charge in [0.15, 0.2) is 0 Å². The lowest BCUT2D eigenvalue weighted by atomic mass is 9.94. The number of rotatable bonds is 25. The Labute approximate surface area is 288 Å². The summed E-state index contributed by atoms with van der Waals surface area (Å²) in [6.45, 7) is 4.60. The van der Waals surface area contributed by atoms with Crippen LogP contribution in [-0.2, 0) is 12.8 Å². The smallest absolute Gasteiger partial charge is 0.138 e. The van der Waals surface area contributed by atoms with E-state index in [1.807, 2.05) is 0 Å². The Morgan fingerprint density at radius 1 is 0.426 bits per heavy atom. The molecular weight excluding hydrogens is 569 g/mol. The van der Waals surface area contributed by atoms with Gasteiger partial charge in [-0.2, -0.15) is 0 Å². The van der Waals surface area contributed by atoms with Crippen molar-refractivity contribution in [1.82, 2.24) is 9.97 Å². The molecule has 0 aliphatic rings. The van der Waals surface area contributed by atoms with Crippen LogP contribution in [0.3, 0.4) is 0 Å². The Morgan fingerprint density at radius 2 is 0.872 bits per heavy atom. The van der Waals surface area contributed by atoms with Crippen LogP contribution in [0.5, 0.6) is 0 Å². The summed E-state index contributed by atoms with van der Waals surface area (Å²) in [7, 11) is 0. The van der Waals surface area contributed by atoms with Gasteiger partial charge in [-0.1, -0.05) is 202 Å². The zero-order chi connectivity index (χ0) is 32.8. The number of nitrogens with zero attached hydrogens (tertiary/aromatic N) is 1. The number of unbranched alkanes of at least 4 members (excludes halogenated alkanes) is 18. The summed E-state index contributed by atoms with van der Waals surface area (Å²) in [5, 5.41) is 0. The molecule has 4 aromatic rings. The number of hydrogen-bond acceptors (Lipinski definition) is 1. The fourth-order valence-corrected chi connectivity index (χ4v) is 6.98. The summed E-state index contributed by atoms with van der Waals surface area (Å²) >= 11 is 0. The number of H-pyrrole nitrogens is 1. The van der Waals surface area contributed by atoms with Crippen LogP contribution in [0.2, 0.25) is 0 Å². The summed E-state index contributed by atoms with van der Waals surface area (Å²) in [5.41, 5.74) is 8.75. The molecule has 0 aliphatic carbocycles. The van der Waals surface area contributed by atoms with Gasteiger partial charge in [-0.05, 0) is 42.9 Å². The Balaban J connectivity index is 1.40. The topological polar surface area (TPSA) is 28.7 Å². The maximum atomic E-state index is 5.23. The summed E-state index contributed by atoms with van der Waals surface area (Å²) in [5.74, 6) is 0.970. The number of aromatic nitrogens is 2. The maximum absolute atomic E-state index is 5.23. The van der Waals surface area contributed by atoms with E-state index in [0.29, 0.717) is 0 Å². The molecule has 0 bridgehead atoms. The minimum absolute atomic E-state index is 0.970. The van der Waals surface area contributed by atoms with Gasteiger partial charge in [0.1, 0.15) is 5.82 Å². The lowest BCUT2D eigenvalue weighted by Crippen LogP contribution is -1.97. The molecule has 3 aromatic carbocycles. The highest BCUT2D eigenvalue weighted by Crippen LogP contribution is 2.34. The van der Waals surface area contributed by atoms with Gasteiger partial charge in [0.05, 0.1) is 11.4 Å². The first kappa shape index (κ1) is 36.7. The van der Waals surface area contributed by atoms with Crippen LogP contribution in [0, 0.1) is 0 Å². The van der Waals surface area contributed by atoms with Crippen LogP contribution in [-0.4, -0.2) is 9.97 Å². The quantitative estimate of drug-likeness (QED) is 0.0724. The van der Waals surface area contributed by atoms with Crippen molar-refractivity contribution in [3.05, 3.63) is 90.0 Å². The molecule has 0 aliphatic heterocycles. The van der Waals surface area contributed by atoms with Crippen LogP contribution < -0.4 is 0 Å². The zero-order valence-electron chi connectivity index (χ0n) is 30.0. The second kappa shape index (κ2) is 22.4. The first-order valence-electron chi connectivity index (χ1n) is 19.6. The standard InChI is InChI=1S/C45H64N2/c1-3-5-7-9-11-13-15-17-19-23-29-38-35-36-42(37-41(38)34-24-20-18-16-14-12-10-8-6-4-2)45-46-43(39-30-25-21-26-31-39)44(47-45)40-32-27-22-28-33-40/h21-22,25-28,30-33,35-37H,3-20,23-24,29,34H2,1-2H3,(H,46,47). The summed E-state index contributed by atoms with van der Waals surface area (Å²) in [6.07, 6.45) is 30.1. The van der Waals surface area contributed by atoms with E-state index in [4.69, 9.17) is 4.98 Å². The van der Waals surface area contributed by atoms with Gasteiger partial charge < -0.3 is 4.98 Å². The third kappa shape index (κ3) is 13.1. The van der Waals surface area contributed by atoms with E-state index < -0.39 is 0 Å². The molecule has 1 heterocycles. The van der Waals surface area contributed by atoms with Crippen molar-refractivity contribution in [2.24, 2.45) is 0 Å². The second-order valence-corrected chi connectivity index (χ2v) is 13.9. The Hall–Kier alpha value is -3.13. The molecule has 0 amide bonds. The SMILES string of the molecule is CCCCCCCCCCCCc1ccc(-c2nc(-c3ccccc3)c(-c3ccccc3)[nH]2)cc1CCCCCCCCCCCC. The van der Waals surface area contributed by atoms with Crippen molar-refractivity contribution in [3.8, 4) is 33.9 Å². The molecule has 0 radical (unpaired) electrons. The average Bonchev–Trinajstić information content (AvgIpc) is 3.57. The third-order valence-electron chi connectivity index (χ3n) is 9.89. The molecule has 0 atom stereocenters. The molecule has 2 heteroatoms. The van der Waals surface area contributed by atoms with Crippen LogP contribution in [0.1, 0.15) is 153 Å². The minimum atomic E-state index is 0.970. The highest BCUT2D eigenvalue weighted by molar-refractivity contribution is 5.81. The second-order valence-electron chi connectivity index (χ2n) is 13.9. The van der Waals surface area contributed by atoms with Crippen molar-refractivity contribution in [2.45, 2.75) is 155 Å².